The summed E-state index contributed by atoms with van der Waals surface area (Å²) >= 11 is 1.58. The van der Waals surface area contributed by atoms with Crippen LogP contribution in [0.25, 0.3) is 10.4 Å². The Morgan fingerprint density at radius 2 is 1.87 bits per heavy atom. The van der Waals surface area contributed by atoms with Gasteiger partial charge in [0.05, 0.1) is 16.1 Å². The summed E-state index contributed by atoms with van der Waals surface area (Å²) in [6.45, 7) is 1.96. The van der Waals surface area contributed by atoms with E-state index in [9.17, 15) is 0 Å². The van der Waals surface area contributed by atoms with Gasteiger partial charge in [-0.15, -0.1) is 11.3 Å². The van der Waals surface area contributed by atoms with E-state index in [1.54, 1.807) is 29.0 Å². The molecular formula is C10H10BNO2S. The van der Waals surface area contributed by atoms with Crippen LogP contribution in [0.15, 0.2) is 29.8 Å². The van der Waals surface area contributed by atoms with Gasteiger partial charge in [0.15, 0.2) is 0 Å². The molecule has 1 aromatic carbocycles. The van der Waals surface area contributed by atoms with Gasteiger partial charge in [0, 0.05) is 0 Å². The fourth-order valence-electron chi connectivity index (χ4n) is 1.39. The molecule has 0 atom stereocenters. The van der Waals surface area contributed by atoms with Gasteiger partial charge in [-0.3, -0.25) is 0 Å². The minimum atomic E-state index is -1.40. The molecule has 2 aromatic rings. The van der Waals surface area contributed by atoms with Crippen LogP contribution in [0.3, 0.4) is 0 Å². The number of hydrogen-bond acceptors (Lipinski definition) is 4. The van der Waals surface area contributed by atoms with Crippen molar-refractivity contribution in [2.24, 2.45) is 0 Å². The second-order valence-corrected chi connectivity index (χ2v) is 4.12. The molecule has 0 aliphatic rings. The van der Waals surface area contributed by atoms with E-state index in [0.29, 0.717) is 5.46 Å². The zero-order chi connectivity index (χ0) is 10.8. The highest BCUT2D eigenvalue weighted by molar-refractivity contribution is 7.13. The van der Waals surface area contributed by atoms with E-state index in [0.717, 1.165) is 16.1 Å². The molecule has 2 rings (SSSR count). The normalized spacial score (nSPS) is 10.3. The standard InChI is InChI=1S/C10H10BNO2S/c1-7-10(15-6-12-7)8-2-4-9(5-3-8)11(13)14/h2-6,13-14H,1H3. The predicted octanol–water partition coefficient (Wildman–Crippen LogP) is 0.798. The van der Waals surface area contributed by atoms with Crippen molar-refractivity contribution in [2.45, 2.75) is 6.92 Å². The number of aryl methyl sites for hydroxylation is 1. The summed E-state index contributed by atoms with van der Waals surface area (Å²) in [5, 5.41) is 17.9. The quantitative estimate of drug-likeness (QED) is 0.734. The fraction of sp³-hybridized carbons (Fsp3) is 0.100. The summed E-state index contributed by atoms with van der Waals surface area (Å²) in [4.78, 5) is 5.29. The number of aromatic nitrogens is 1. The molecule has 1 aromatic heterocycles. The third-order valence-corrected chi connectivity index (χ3v) is 3.19. The maximum atomic E-state index is 8.95. The molecule has 0 amide bonds. The topological polar surface area (TPSA) is 53.4 Å². The van der Waals surface area contributed by atoms with Gasteiger partial charge >= 0.3 is 7.12 Å². The van der Waals surface area contributed by atoms with Gasteiger partial charge in [-0.2, -0.15) is 0 Å². The van der Waals surface area contributed by atoms with Crippen molar-refractivity contribution in [1.29, 1.82) is 0 Å². The van der Waals surface area contributed by atoms with Crippen LogP contribution in [0.2, 0.25) is 0 Å². The van der Waals surface area contributed by atoms with Crippen LogP contribution in [0, 0.1) is 6.92 Å². The summed E-state index contributed by atoms with van der Waals surface area (Å²) in [7, 11) is -1.40. The summed E-state index contributed by atoms with van der Waals surface area (Å²) in [6.07, 6.45) is 0. The number of benzene rings is 1. The molecule has 0 fully saturated rings. The summed E-state index contributed by atoms with van der Waals surface area (Å²) < 4.78 is 0. The van der Waals surface area contributed by atoms with Crippen molar-refractivity contribution in [3.8, 4) is 10.4 Å². The van der Waals surface area contributed by atoms with Crippen LogP contribution in [0.1, 0.15) is 5.69 Å². The second kappa shape index (κ2) is 4.14. The average Bonchev–Trinajstić information content (AvgIpc) is 2.65. The first-order valence-electron chi connectivity index (χ1n) is 4.55. The highest BCUT2D eigenvalue weighted by atomic mass is 32.1. The number of thiazole rings is 1. The Morgan fingerprint density at radius 3 is 2.33 bits per heavy atom. The van der Waals surface area contributed by atoms with Crippen LogP contribution in [0.4, 0.5) is 0 Å². The minimum absolute atomic E-state index is 0.501. The van der Waals surface area contributed by atoms with E-state index < -0.39 is 7.12 Å². The number of hydrogen-bond donors (Lipinski definition) is 2. The lowest BCUT2D eigenvalue weighted by atomic mass is 9.80. The average molecular weight is 219 g/mol. The predicted molar refractivity (Wildman–Crippen MR) is 62.1 cm³/mol. The van der Waals surface area contributed by atoms with Crippen molar-refractivity contribution >= 4 is 23.9 Å². The summed E-state index contributed by atoms with van der Waals surface area (Å²) in [5.74, 6) is 0. The van der Waals surface area contributed by atoms with Crippen LogP contribution < -0.4 is 5.46 Å². The van der Waals surface area contributed by atoms with Gasteiger partial charge in [-0.25, -0.2) is 4.98 Å². The van der Waals surface area contributed by atoms with Crippen molar-refractivity contribution in [3.63, 3.8) is 0 Å². The Morgan fingerprint density at radius 1 is 1.20 bits per heavy atom. The highest BCUT2D eigenvalue weighted by Gasteiger charge is 2.11. The third-order valence-electron chi connectivity index (χ3n) is 2.22. The van der Waals surface area contributed by atoms with Gasteiger partial charge in [-0.05, 0) is 17.9 Å². The van der Waals surface area contributed by atoms with Gasteiger partial charge in [0.2, 0.25) is 0 Å². The first-order valence-corrected chi connectivity index (χ1v) is 5.43. The first-order chi connectivity index (χ1) is 7.18. The Hall–Kier alpha value is -1.17. The molecule has 76 valence electrons. The van der Waals surface area contributed by atoms with Crippen molar-refractivity contribution in [1.82, 2.24) is 4.98 Å². The summed E-state index contributed by atoms with van der Waals surface area (Å²) in [6, 6.07) is 7.16. The maximum absolute atomic E-state index is 8.95. The van der Waals surface area contributed by atoms with E-state index in [4.69, 9.17) is 10.0 Å². The first kappa shape index (κ1) is 10.4. The highest BCUT2D eigenvalue weighted by Crippen LogP contribution is 2.26. The molecule has 1 heterocycles. The van der Waals surface area contributed by atoms with Gasteiger partial charge in [0.25, 0.3) is 0 Å². The molecule has 0 spiro atoms. The lowest BCUT2D eigenvalue weighted by molar-refractivity contribution is 0.426. The lowest BCUT2D eigenvalue weighted by Crippen LogP contribution is -2.29. The van der Waals surface area contributed by atoms with E-state index in [1.807, 2.05) is 19.1 Å². The molecule has 3 nitrogen and oxygen atoms in total. The van der Waals surface area contributed by atoms with Crippen LogP contribution in [0.5, 0.6) is 0 Å². The van der Waals surface area contributed by atoms with Crippen LogP contribution in [-0.2, 0) is 0 Å². The molecular weight excluding hydrogens is 209 g/mol. The molecule has 0 saturated carbocycles. The zero-order valence-corrected chi connectivity index (χ0v) is 9.03. The van der Waals surface area contributed by atoms with Crippen LogP contribution in [-0.4, -0.2) is 22.2 Å². The Labute approximate surface area is 92.2 Å². The Kier molecular flexibility index (Phi) is 2.86. The van der Waals surface area contributed by atoms with Gasteiger partial charge < -0.3 is 10.0 Å². The Bertz CT molecular complexity index is 453. The monoisotopic (exact) mass is 219 g/mol. The van der Waals surface area contributed by atoms with Crippen molar-refractivity contribution in [3.05, 3.63) is 35.5 Å². The molecule has 5 heteroatoms. The molecule has 2 N–H and O–H groups in total. The molecule has 0 radical (unpaired) electrons. The SMILES string of the molecule is Cc1ncsc1-c1ccc(B(O)O)cc1. The number of rotatable bonds is 2. The molecule has 15 heavy (non-hydrogen) atoms. The molecule has 0 bridgehead atoms. The fourth-order valence-corrected chi connectivity index (χ4v) is 2.20. The van der Waals surface area contributed by atoms with E-state index >= 15 is 0 Å². The zero-order valence-electron chi connectivity index (χ0n) is 8.21. The Balaban J connectivity index is 2.36. The molecule has 0 aliphatic heterocycles. The second-order valence-electron chi connectivity index (χ2n) is 3.26. The lowest BCUT2D eigenvalue weighted by Gasteiger charge is -2.01. The van der Waals surface area contributed by atoms with Crippen LogP contribution >= 0.6 is 11.3 Å². The van der Waals surface area contributed by atoms with E-state index in [-0.39, 0.29) is 0 Å². The number of nitrogens with zero attached hydrogens (tertiary/aromatic N) is 1. The minimum Gasteiger partial charge on any atom is -0.423 e. The van der Waals surface area contributed by atoms with Gasteiger partial charge in [-0.1, -0.05) is 24.3 Å². The smallest absolute Gasteiger partial charge is 0.423 e. The van der Waals surface area contributed by atoms with E-state index in [2.05, 4.69) is 4.98 Å². The van der Waals surface area contributed by atoms with E-state index in [1.165, 1.54) is 0 Å². The molecule has 0 aliphatic carbocycles. The van der Waals surface area contributed by atoms with Crippen molar-refractivity contribution in [2.75, 3.05) is 0 Å². The third kappa shape index (κ3) is 2.09. The molecule has 0 unspecified atom stereocenters. The van der Waals surface area contributed by atoms with Gasteiger partial charge in [0.1, 0.15) is 0 Å². The summed E-state index contributed by atoms with van der Waals surface area (Å²) in [5.41, 5.74) is 4.36. The largest absolute Gasteiger partial charge is 0.488 e. The maximum Gasteiger partial charge on any atom is 0.488 e. The van der Waals surface area contributed by atoms with Crippen molar-refractivity contribution < 1.29 is 10.0 Å². The molecule has 0 saturated heterocycles.